The lowest BCUT2D eigenvalue weighted by molar-refractivity contribution is -0.941. The predicted octanol–water partition coefficient (Wildman–Crippen LogP) is -1.36. The van der Waals surface area contributed by atoms with Gasteiger partial charge in [0.2, 0.25) is 0 Å². The smallest absolute Gasteiger partial charge is 0.126 e. The van der Waals surface area contributed by atoms with E-state index in [1.54, 1.807) is 0 Å². The molecule has 0 aromatic carbocycles. The lowest BCUT2D eigenvalue weighted by atomic mass is 10.0. The number of nitrogens with zero attached hydrogens (tertiary/aromatic N) is 2. The lowest BCUT2D eigenvalue weighted by Gasteiger charge is -2.45. The lowest BCUT2D eigenvalue weighted by Crippen LogP contribution is -2.61. The van der Waals surface area contributed by atoms with Crippen molar-refractivity contribution in [2.75, 3.05) is 74.3 Å². The average Bonchev–Trinajstić information content (AvgIpc) is 2.42. The standard InChI is InChI=1S/C16H38N2O5/c1-16(2,18(5,6)10-15(22)12-20)13-23-8-7-17(3,4)9-14(21)11-19/h14-15,19-22H,7-13H2,1-6H3/q+2. The van der Waals surface area contributed by atoms with E-state index in [2.05, 4.69) is 13.8 Å². The van der Waals surface area contributed by atoms with Gasteiger partial charge in [-0.1, -0.05) is 0 Å². The summed E-state index contributed by atoms with van der Waals surface area (Å²) in [6.45, 7) is 6.44. The van der Waals surface area contributed by atoms with Crippen molar-refractivity contribution < 1.29 is 34.1 Å². The predicted molar refractivity (Wildman–Crippen MR) is 89.9 cm³/mol. The van der Waals surface area contributed by atoms with Gasteiger partial charge in [-0.15, -0.1) is 0 Å². The monoisotopic (exact) mass is 338 g/mol. The molecule has 7 heteroatoms. The van der Waals surface area contributed by atoms with Crippen molar-refractivity contribution in [2.24, 2.45) is 0 Å². The molecule has 140 valence electrons. The molecule has 0 aliphatic rings. The topological polar surface area (TPSA) is 90.2 Å². The third-order valence-electron chi connectivity index (χ3n) is 4.73. The first-order valence-corrected chi connectivity index (χ1v) is 8.17. The van der Waals surface area contributed by atoms with Crippen molar-refractivity contribution in [3.05, 3.63) is 0 Å². The van der Waals surface area contributed by atoms with Crippen molar-refractivity contribution in [1.82, 2.24) is 0 Å². The van der Waals surface area contributed by atoms with Gasteiger partial charge in [0.1, 0.15) is 44.0 Å². The van der Waals surface area contributed by atoms with Crippen molar-refractivity contribution >= 4 is 0 Å². The minimum atomic E-state index is -0.736. The van der Waals surface area contributed by atoms with Gasteiger partial charge < -0.3 is 34.1 Å². The Morgan fingerprint density at radius 2 is 1.39 bits per heavy atom. The third kappa shape index (κ3) is 8.39. The SMILES string of the molecule is CC(C)(COCC[N+](C)(C)CC(O)CO)[N+](C)(C)CC(O)CO. The fourth-order valence-electron chi connectivity index (χ4n) is 2.36. The molecule has 0 aliphatic heterocycles. The molecule has 0 aromatic rings. The van der Waals surface area contributed by atoms with E-state index in [0.717, 1.165) is 6.54 Å². The number of aliphatic hydroxyl groups excluding tert-OH is 4. The van der Waals surface area contributed by atoms with E-state index in [0.29, 0.717) is 35.3 Å². The van der Waals surface area contributed by atoms with Crippen LogP contribution >= 0.6 is 0 Å². The van der Waals surface area contributed by atoms with Crippen LogP contribution in [-0.4, -0.2) is 121 Å². The zero-order chi connectivity index (χ0) is 18.3. The van der Waals surface area contributed by atoms with Gasteiger partial charge >= 0.3 is 0 Å². The maximum Gasteiger partial charge on any atom is 0.126 e. The second-order valence-corrected chi connectivity index (χ2v) is 8.25. The number of hydrogen-bond donors (Lipinski definition) is 4. The summed E-state index contributed by atoms with van der Waals surface area (Å²) < 4.78 is 6.94. The van der Waals surface area contributed by atoms with Crippen molar-refractivity contribution in [3.63, 3.8) is 0 Å². The van der Waals surface area contributed by atoms with E-state index in [-0.39, 0.29) is 18.8 Å². The van der Waals surface area contributed by atoms with Crippen LogP contribution < -0.4 is 0 Å². The first-order chi connectivity index (χ1) is 10.4. The molecule has 0 aromatic heterocycles. The van der Waals surface area contributed by atoms with Crippen molar-refractivity contribution in [1.29, 1.82) is 0 Å². The van der Waals surface area contributed by atoms with Crippen LogP contribution in [0.2, 0.25) is 0 Å². The molecule has 0 rings (SSSR count). The second kappa shape index (κ2) is 9.27. The van der Waals surface area contributed by atoms with Gasteiger partial charge in [-0.05, 0) is 13.8 Å². The summed E-state index contributed by atoms with van der Waals surface area (Å²) in [7, 11) is 8.01. The molecule has 0 saturated heterocycles. The Morgan fingerprint density at radius 3 is 1.87 bits per heavy atom. The van der Waals surface area contributed by atoms with Gasteiger partial charge in [0, 0.05) is 0 Å². The molecule has 0 saturated carbocycles. The van der Waals surface area contributed by atoms with Crippen LogP contribution in [0.15, 0.2) is 0 Å². The summed E-state index contributed by atoms with van der Waals surface area (Å²) >= 11 is 0. The maximum atomic E-state index is 9.69. The summed E-state index contributed by atoms with van der Waals surface area (Å²) in [4.78, 5) is 0. The largest absolute Gasteiger partial charge is 0.393 e. The van der Waals surface area contributed by atoms with Crippen molar-refractivity contribution in [3.8, 4) is 0 Å². The maximum absolute atomic E-state index is 9.69. The van der Waals surface area contributed by atoms with Crippen molar-refractivity contribution in [2.45, 2.75) is 31.6 Å². The zero-order valence-electron chi connectivity index (χ0n) is 15.7. The summed E-state index contributed by atoms with van der Waals surface area (Å²) in [6.07, 6.45) is -1.45. The Kier molecular flexibility index (Phi) is 9.15. The van der Waals surface area contributed by atoms with Crippen LogP contribution in [0, 0.1) is 0 Å². The number of rotatable bonds is 12. The van der Waals surface area contributed by atoms with Crippen LogP contribution in [0.5, 0.6) is 0 Å². The summed E-state index contributed by atoms with van der Waals surface area (Å²) in [5.41, 5.74) is -0.210. The Morgan fingerprint density at radius 1 is 0.913 bits per heavy atom. The number of quaternary nitrogens is 2. The summed E-state index contributed by atoms with van der Waals surface area (Å²) in [5, 5.41) is 37.2. The van der Waals surface area contributed by atoms with E-state index >= 15 is 0 Å². The highest BCUT2D eigenvalue weighted by Crippen LogP contribution is 2.21. The van der Waals surface area contributed by atoms with E-state index in [9.17, 15) is 10.2 Å². The zero-order valence-corrected chi connectivity index (χ0v) is 15.7. The minimum Gasteiger partial charge on any atom is -0.393 e. The highest BCUT2D eigenvalue weighted by Gasteiger charge is 2.38. The minimum absolute atomic E-state index is 0.210. The van der Waals surface area contributed by atoms with Crippen LogP contribution in [-0.2, 0) is 4.74 Å². The Balaban J connectivity index is 4.34. The van der Waals surface area contributed by atoms with Gasteiger partial charge in [0.25, 0.3) is 0 Å². The molecule has 0 radical (unpaired) electrons. The fraction of sp³-hybridized carbons (Fsp3) is 1.00. The normalized spacial score (nSPS) is 16.4. The molecule has 0 amide bonds. The number of ether oxygens (including phenoxy) is 1. The number of aliphatic hydroxyl groups is 4. The highest BCUT2D eigenvalue weighted by molar-refractivity contribution is 4.70. The van der Waals surface area contributed by atoms with Crippen LogP contribution in [0.3, 0.4) is 0 Å². The Labute approximate surface area is 140 Å². The van der Waals surface area contributed by atoms with E-state index < -0.39 is 12.2 Å². The molecule has 0 bridgehead atoms. The van der Waals surface area contributed by atoms with E-state index in [1.807, 2.05) is 28.2 Å². The first kappa shape index (κ1) is 22.7. The molecule has 0 fully saturated rings. The third-order valence-corrected chi connectivity index (χ3v) is 4.73. The van der Waals surface area contributed by atoms with Gasteiger partial charge in [0.05, 0.1) is 48.0 Å². The molecule has 2 unspecified atom stereocenters. The highest BCUT2D eigenvalue weighted by atomic mass is 16.5. The quantitative estimate of drug-likeness (QED) is 0.261. The number of likely N-dealkylation sites (N-methyl/N-ethyl adjacent to an activating group) is 2. The fourth-order valence-corrected chi connectivity index (χ4v) is 2.36. The van der Waals surface area contributed by atoms with Crippen LogP contribution in [0.1, 0.15) is 13.8 Å². The van der Waals surface area contributed by atoms with E-state index in [4.69, 9.17) is 14.9 Å². The average molecular weight is 338 g/mol. The van der Waals surface area contributed by atoms with Gasteiger partial charge in [-0.3, -0.25) is 0 Å². The Bertz CT molecular complexity index is 334. The molecule has 2 atom stereocenters. The Hall–Kier alpha value is -0.280. The van der Waals surface area contributed by atoms with Gasteiger partial charge in [-0.25, -0.2) is 0 Å². The van der Waals surface area contributed by atoms with Gasteiger partial charge in [-0.2, -0.15) is 0 Å². The van der Waals surface area contributed by atoms with Crippen LogP contribution in [0.25, 0.3) is 0 Å². The molecule has 23 heavy (non-hydrogen) atoms. The van der Waals surface area contributed by atoms with Gasteiger partial charge in [0.15, 0.2) is 0 Å². The summed E-state index contributed by atoms with van der Waals surface area (Å²) in [6, 6.07) is 0. The molecule has 0 aliphatic carbocycles. The van der Waals surface area contributed by atoms with Crippen LogP contribution in [0.4, 0.5) is 0 Å². The summed E-state index contributed by atoms with van der Waals surface area (Å²) in [5.74, 6) is 0. The molecule has 0 heterocycles. The van der Waals surface area contributed by atoms with E-state index in [1.165, 1.54) is 0 Å². The molecule has 4 N–H and O–H groups in total. The molecule has 0 spiro atoms. The first-order valence-electron chi connectivity index (χ1n) is 8.17. The number of hydrogen-bond acceptors (Lipinski definition) is 5. The second-order valence-electron chi connectivity index (χ2n) is 8.25. The molecule has 7 nitrogen and oxygen atoms in total. The molecular formula is C16H38N2O5+2. The molecular weight excluding hydrogens is 300 g/mol.